The Morgan fingerprint density at radius 3 is 2.43 bits per heavy atom. The number of carboxylic acids is 1. The standard InChI is InChI=1S/C15H22N2O5S/c1-16(2)23(21,22)17-9-8-15(14(19)20,13(18)11-17)10-12-6-4-3-5-7-12/h3-7,13,18H,8-11H2,1-2H3,(H,19,20)/t13-,15-/m1/s1. The van der Waals surface area contributed by atoms with Crippen molar-refractivity contribution in [2.24, 2.45) is 5.41 Å². The highest BCUT2D eigenvalue weighted by molar-refractivity contribution is 7.86. The highest BCUT2D eigenvalue weighted by atomic mass is 32.2. The lowest BCUT2D eigenvalue weighted by Crippen LogP contribution is -2.58. The molecule has 1 aliphatic heterocycles. The van der Waals surface area contributed by atoms with Crippen molar-refractivity contribution in [2.75, 3.05) is 27.2 Å². The zero-order chi connectivity index (χ0) is 17.3. The summed E-state index contributed by atoms with van der Waals surface area (Å²) < 4.78 is 26.5. The maximum Gasteiger partial charge on any atom is 0.312 e. The number of carboxylic acid groups (broad SMARTS) is 1. The Balaban J connectivity index is 2.26. The molecule has 0 unspecified atom stereocenters. The number of aliphatic hydroxyl groups excluding tert-OH is 1. The molecule has 0 aliphatic carbocycles. The maximum absolute atomic E-state index is 12.2. The Labute approximate surface area is 136 Å². The van der Waals surface area contributed by atoms with E-state index in [1.54, 1.807) is 12.1 Å². The second kappa shape index (κ2) is 6.56. The monoisotopic (exact) mass is 342 g/mol. The minimum atomic E-state index is -3.67. The molecule has 0 spiro atoms. The van der Waals surface area contributed by atoms with Gasteiger partial charge in [0.05, 0.1) is 6.10 Å². The van der Waals surface area contributed by atoms with Crippen LogP contribution in [0.2, 0.25) is 0 Å². The third kappa shape index (κ3) is 3.40. The molecule has 0 bridgehead atoms. The van der Waals surface area contributed by atoms with Crippen LogP contribution in [-0.4, -0.2) is 66.5 Å². The molecule has 2 atom stereocenters. The maximum atomic E-state index is 12.2. The van der Waals surface area contributed by atoms with Crippen LogP contribution in [0.3, 0.4) is 0 Å². The quantitative estimate of drug-likeness (QED) is 0.795. The molecule has 8 heteroatoms. The molecule has 1 aromatic carbocycles. The van der Waals surface area contributed by atoms with Gasteiger partial charge >= 0.3 is 5.97 Å². The van der Waals surface area contributed by atoms with Gasteiger partial charge in [0.25, 0.3) is 10.2 Å². The van der Waals surface area contributed by atoms with E-state index in [-0.39, 0.29) is 25.9 Å². The average Bonchev–Trinajstić information content (AvgIpc) is 2.49. The number of aliphatic carboxylic acids is 1. The van der Waals surface area contributed by atoms with Gasteiger partial charge in [-0.2, -0.15) is 17.0 Å². The van der Waals surface area contributed by atoms with E-state index in [0.29, 0.717) is 0 Å². The van der Waals surface area contributed by atoms with E-state index in [0.717, 1.165) is 14.2 Å². The van der Waals surface area contributed by atoms with E-state index in [4.69, 9.17) is 0 Å². The lowest BCUT2D eigenvalue weighted by molar-refractivity contribution is -0.161. The Bertz CT molecular complexity index is 662. The molecule has 0 saturated carbocycles. The van der Waals surface area contributed by atoms with Gasteiger partial charge in [-0.25, -0.2) is 0 Å². The minimum absolute atomic E-state index is 0.0610. The van der Waals surface area contributed by atoms with Crippen molar-refractivity contribution in [1.29, 1.82) is 0 Å². The SMILES string of the molecule is CN(C)S(=O)(=O)N1CC[C@](Cc2ccccc2)(C(=O)O)[C@H](O)C1. The van der Waals surface area contributed by atoms with E-state index in [2.05, 4.69) is 0 Å². The Kier molecular flexibility index (Phi) is 5.10. The number of carbonyl (C=O) groups is 1. The first kappa shape index (κ1) is 17.9. The van der Waals surface area contributed by atoms with E-state index < -0.39 is 27.7 Å². The molecule has 7 nitrogen and oxygen atoms in total. The summed E-state index contributed by atoms with van der Waals surface area (Å²) in [5, 5.41) is 20.1. The van der Waals surface area contributed by atoms with Crippen molar-refractivity contribution in [2.45, 2.75) is 18.9 Å². The van der Waals surface area contributed by atoms with Gasteiger partial charge in [-0.3, -0.25) is 4.79 Å². The third-order valence-electron chi connectivity index (χ3n) is 4.40. The highest BCUT2D eigenvalue weighted by Crippen LogP contribution is 2.37. The van der Waals surface area contributed by atoms with Crippen LogP contribution in [-0.2, 0) is 21.4 Å². The zero-order valence-corrected chi connectivity index (χ0v) is 14.0. The smallest absolute Gasteiger partial charge is 0.312 e. The summed E-state index contributed by atoms with van der Waals surface area (Å²) in [6, 6.07) is 9.06. The van der Waals surface area contributed by atoms with E-state index in [1.807, 2.05) is 18.2 Å². The van der Waals surface area contributed by atoms with E-state index >= 15 is 0 Å². The summed E-state index contributed by atoms with van der Waals surface area (Å²) in [5.74, 6) is -1.10. The normalized spacial score (nSPS) is 26.3. The molecule has 0 radical (unpaired) electrons. The molecular weight excluding hydrogens is 320 g/mol. The van der Waals surface area contributed by atoms with Crippen molar-refractivity contribution < 1.29 is 23.4 Å². The molecule has 0 aromatic heterocycles. The summed E-state index contributed by atoms with van der Waals surface area (Å²) in [4.78, 5) is 11.8. The van der Waals surface area contributed by atoms with E-state index in [1.165, 1.54) is 14.1 Å². The topological polar surface area (TPSA) is 98.2 Å². The van der Waals surface area contributed by atoms with Gasteiger partial charge in [-0.1, -0.05) is 30.3 Å². The summed E-state index contributed by atoms with van der Waals surface area (Å²) >= 11 is 0. The van der Waals surface area contributed by atoms with Gasteiger partial charge in [-0.15, -0.1) is 0 Å². The Morgan fingerprint density at radius 2 is 1.96 bits per heavy atom. The van der Waals surface area contributed by atoms with Crippen LogP contribution in [0.25, 0.3) is 0 Å². The number of hydrogen-bond acceptors (Lipinski definition) is 4. The van der Waals surface area contributed by atoms with Crippen molar-refractivity contribution in [3.63, 3.8) is 0 Å². The molecule has 1 heterocycles. The first-order valence-corrected chi connectivity index (χ1v) is 8.73. The number of aliphatic hydroxyl groups is 1. The van der Waals surface area contributed by atoms with Gasteiger partial charge < -0.3 is 10.2 Å². The predicted octanol–water partition coefficient (Wildman–Crippen LogP) is 0.173. The fraction of sp³-hybridized carbons (Fsp3) is 0.533. The molecule has 1 saturated heterocycles. The molecule has 2 rings (SSSR count). The van der Waals surface area contributed by atoms with Gasteiger partial charge in [-0.05, 0) is 18.4 Å². The molecule has 23 heavy (non-hydrogen) atoms. The second-order valence-corrected chi connectivity index (χ2v) is 8.18. The molecule has 1 aromatic rings. The summed E-state index contributed by atoms with van der Waals surface area (Å²) in [6.07, 6.45) is -1.05. The zero-order valence-electron chi connectivity index (χ0n) is 13.2. The largest absolute Gasteiger partial charge is 0.481 e. The molecule has 2 N–H and O–H groups in total. The van der Waals surface area contributed by atoms with Crippen molar-refractivity contribution in [3.05, 3.63) is 35.9 Å². The number of hydrogen-bond donors (Lipinski definition) is 2. The predicted molar refractivity (Wildman–Crippen MR) is 85.0 cm³/mol. The molecule has 128 valence electrons. The van der Waals surface area contributed by atoms with E-state index in [9.17, 15) is 23.4 Å². The Hall–Kier alpha value is -1.48. The van der Waals surface area contributed by atoms with Crippen LogP contribution in [0.4, 0.5) is 0 Å². The lowest BCUT2D eigenvalue weighted by Gasteiger charge is -2.42. The first-order valence-electron chi connectivity index (χ1n) is 7.33. The molecule has 0 amide bonds. The third-order valence-corrected chi connectivity index (χ3v) is 6.30. The summed E-state index contributed by atoms with van der Waals surface area (Å²) in [6.45, 7) is -0.156. The fourth-order valence-corrected chi connectivity index (χ4v) is 4.00. The van der Waals surface area contributed by atoms with Crippen LogP contribution in [0.1, 0.15) is 12.0 Å². The first-order chi connectivity index (χ1) is 10.7. The molecule has 1 fully saturated rings. The van der Waals surface area contributed by atoms with Crippen LogP contribution in [0.5, 0.6) is 0 Å². The Morgan fingerprint density at radius 1 is 1.35 bits per heavy atom. The van der Waals surface area contributed by atoms with Gasteiger partial charge in [0.2, 0.25) is 0 Å². The minimum Gasteiger partial charge on any atom is -0.481 e. The summed E-state index contributed by atoms with van der Waals surface area (Å²) in [5.41, 5.74) is -0.572. The van der Waals surface area contributed by atoms with Crippen LogP contribution in [0, 0.1) is 5.41 Å². The van der Waals surface area contributed by atoms with Gasteiger partial charge in [0, 0.05) is 27.2 Å². The molecular formula is C15H22N2O5S. The highest BCUT2D eigenvalue weighted by Gasteiger charge is 2.50. The fourth-order valence-electron chi connectivity index (χ4n) is 2.88. The number of benzene rings is 1. The number of piperidine rings is 1. The summed E-state index contributed by atoms with van der Waals surface area (Å²) in [7, 11) is -0.853. The molecule has 1 aliphatic rings. The van der Waals surface area contributed by atoms with Crippen molar-refractivity contribution in [1.82, 2.24) is 8.61 Å². The number of rotatable bonds is 5. The average molecular weight is 342 g/mol. The van der Waals surface area contributed by atoms with Crippen LogP contribution < -0.4 is 0 Å². The van der Waals surface area contributed by atoms with Crippen molar-refractivity contribution >= 4 is 16.2 Å². The van der Waals surface area contributed by atoms with Crippen LogP contribution >= 0.6 is 0 Å². The van der Waals surface area contributed by atoms with Crippen molar-refractivity contribution in [3.8, 4) is 0 Å². The van der Waals surface area contributed by atoms with Gasteiger partial charge in [0.1, 0.15) is 5.41 Å². The van der Waals surface area contributed by atoms with Crippen LogP contribution in [0.15, 0.2) is 30.3 Å². The number of nitrogens with zero attached hydrogens (tertiary/aromatic N) is 2. The second-order valence-electron chi connectivity index (χ2n) is 6.04. The van der Waals surface area contributed by atoms with Gasteiger partial charge in [0.15, 0.2) is 0 Å². The lowest BCUT2D eigenvalue weighted by atomic mass is 9.72. The number of β-amino-alcohol motifs (C(OH)–C–C–N with tert-alkyl or cyclic N) is 1.